The van der Waals surface area contributed by atoms with Crippen molar-refractivity contribution in [3.63, 3.8) is 0 Å². The summed E-state index contributed by atoms with van der Waals surface area (Å²) < 4.78 is 12.2. The molecule has 3 heterocycles. The first-order chi connectivity index (χ1) is 8.80. The molecule has 0 bridgehead atoms. The average molecular weight is 258 g/mol. The number of hydrogen-bond acceptors (Lipinski definition) is 3. The highest BCUT2D eigenvalue weighted by Crippen LogP contribution is 2.36. The molecule has 1 aliphatic rings. The van der Waals surface area contributed by atoms with E-state index in [1.807, 2.05) is 19.2 Å². The van der Waals surface area contributed by atoms with Crippen LogP contribution in [0.5, 0.6) is 0 Å². The number of nitrogens with zero attached hydrogens (tertiary/aromatic N) is 1. The van der Waals surface area contributed by atoms with Gasteiger partial charge in [-0.15, -0.1) is 0 Å². The first-order valence-electron chi connectivity index (χ1n) is 6.60. The first-order valence-corrected chi connectivity index (χ1v) is 6.60. The molecule has 0 radical (unpaired) electrons. The fourth-order valence-corrected chi connectivity index (χ4v) is 2.30. The Balaban J connectivity index is 2.04. The van der Waals surface area contributed by atoms with Gasteiger partial charge in [0.25, 0.3) is 0 Å². The molecule has 4 nitrogen and oxygen atoms in total. The number of H-pyrrole nitrogens is 1. The second-order valence-electron chi connectivity index (χ2n) is 6.17. The number of aromatic nitrogens is 2. The maximum Gasteiger partial charge on any atom is 0.496 e. The summed E-state index contributed by atoms with van der Waals surface area (Å²) in [5.74, 6) is 0. The minimum absolute atomic E-state index is 0.322. The molecule has 0 aliphatic carbocycles. The molecule has 2 aromatic heterocycles. The summed E-state index contributed by atoms with van der Waals surface area (Å²) in [4.78, 5) is 7.68. The van der Waals surface area contributed by atoms with E-state index in [-0.39, 0.29) is 18.3 Å². The molecule has 100 valence electrons. The highest BCUT2D eigenvalue weighted by atomic mass is 16.7. The summed E-state index contributed by atoms with van der Waals surface area (Å²) >= 11 is 0. The molecule has 0 aromatic carbocycles. The van der Waals surface area contributed by atoms with Crippen LogP contribution in [0, 0.1) is 6.92 Å². The van der Waals surface area contributed by atoms with Gasteiger partial charge in [0.2, 0.25) is 0 Å². The summed E-state index contributed by atoms with van der Waals surface area (Å²) in [7, 11) is -0.350. The highest BCUT2D eigenvalue weighted by Gasteiger charge is 2.52. The highest BCUT2D eigenvalue weighted by molar-refractivity contribution is 6.62. The Morgan fingerprint density at radius 3 is 2.42 bits per heavy atom. The number of fused-ring (bicyclic) bond motifs is 1. The van der Waals surface area contributed by atoms with Gasteiger partial charge in [-0.1, -0.05) is 0 Å². The summed E-state index contributed by atoms with van der Waals surface area (Å²) in [5, 5.41) is 1.08. The summed E-state index contributed by atoms with van der Waals surface area (Å²) in [6.45, 7) is 10.2. The van der Waals surface area contributed by atoms with Crippen LogP contribution >= 0.6 is 0 Å². The van der Waals surface area contributed by atoms with E-state index in [1.165, 1.54) is 0 Å². The standard InChI is InChI=1S/C14H19BN2O2/c1-9-11(8-10-6-7-16-12(10)17-9)15-18-13(2,3)14(4,5)19-15/h6-8H,1-5H3,(H,16,17). The number of nitrogens with one attached hydrogen (secondary N) is 1. The van der Waals surface area contributed by atoms with Gasteiger partial charge in [-0.05, 0) is 46.8 Å². The zero-order valence-corrected chi connectivity index (χ0v) is 12.1. The maximum atomic E-state index is 6.08. The number of aromatic amines is 1. The molecule has 1 fully saturated rings. The van der Waals surface area contributed by atoms with Crippen LogP contribution in [0.3, 0.4) is 0 Å². The second kappa shape index (κ2) is 3.84. The predicted octanol–water partition coefficient (Wildman–Crippen LogP) is 2.17. The Hall–Kier alpha value is -1.33. The van der Waals surface area contributed by atoms with E-state index in [9.17, 15) is 0 Å². The molecule has 1 aliphatic heterocycles. The van der Waals surface area contributed by atoms with Gasteiger partial charge in [0.15, 0.2) is 0 Å². The molecular formula is C14H19BN2O2. The van der Waals surface area contributed by atoms with E-state index in [0.29, 0.717) is 0 Å². The van der Waals surface area contributed by atoms with Gasteiger partial charge in [0.1, 0.15) is 5.65 Å². The molecular weight excluding hydrogens is 239 g/mol. The molecule has 0 spiro atoms. The minimum atomic E-state index is -0.350. The van der Waals surface area contributed by atoms with E-state index in [0.717, 1.165) is 22.2 Å². The average Bonchev–Trinajstić information content (AvgIpc) is 2.80. The SMILES string of the molecule is Cc1nc2[nH]ccc2cc1B1OC(C)(C)C(C)(C)O1. The Bertz CT molecular complexity index is 617. The lowest BCUT2D eigenvalue weighted by Gasteiger charge is -2.32. The van der Waals surface area contributed by atoms with Crippen LogP contribution in [-0.2, 0) is 9.31 Å². The molecule has 0 atom stereocenters. The van der Waals surface area contributed by atoms with Crippen LogP contribution in [0.4, 0.5) is 0 Å². The van der Waals surface area contributed by atoms with E-state index < -0.39 is 0 Å². The molecule has 2 aromatic rings. The van der Waals surface area contributed by atoms with Crippen molar-refractivity contribution >= 4 is 23.6 Å². The minimum Gasteiger partial charge on any atom is -0.399 e. The van der Waals surface area contributed by atoms with E-state index >= 15 is 0 Å². The number of hydrogen-bond donors (Lipinski definition) is 1. The Labute approximate surface area is 113 Å². The maximum absolute atomic E-state index is 6.08. The van der Waals surface area contributed by atoms with Crippen molar-refractivity contribution in [2.24, 2.45) is 0 Å². The van der Waals surface area contributed by atoms with Crippen LogP contribution in [0.2, 0.25) is 0 Å². The van der Waals surface area contributed by atoms with Gasteiger partial charge in [-0.2, -0.15) is 0 Å². The smallest absolute Gasteiger partial charge is 0.399 e. The number of aryl methyl sites for hydroxylation is 1. The fourth-order valence-electron chi connectivity index (χ4n) is 2.30. The van der Waals surface area contributed by atoms with Crippen molar-refractivity contribution in [3.05, 3.63) is 24.0 Å². The van der Waals surface area contributed by atoms with Crippen molar-refractivity contribution in [1.82, 2.24) is 9.97 Å². The lowest BCUT2D eigenvalue weighted by Crippen LogP contribution is -2.41. The monoisotopic (exact) mass is 258 g/mol. The number of pyridine rings is 1. The summed E-state index contributed by atoms with van der Waals surface area (Å²) in [6, 6.07) is 4.10. The van der Waals surface area contributed by atoms with Crippen LogP contribution in [0.1, 0.15) is 33.4 Å². The van der Waals surface area contributed by atoms with Crippen molar-refractivity contribution in [2.75, 3.05) is 0 Å². The van der Waals surface area contributed by atoms with Crippen molar-refractivity contribution in [3.8, 4) is 0 Å². The lowest BCUT2D eigenvalue weighted by molar-refractivity contribution is 0.00578. The third-order valence-corrected chi connectivity index (χ3v) is 4.27. The number of rotatable bonds is 1. The fraction of sp³-hybridized carbons (Fsp3) is 0.500. The Morgan fingerprint density at radius 1 is 1.16 bits per heavy atom. The summed E-state index contributed by atoms with van der Waals surface area (Å²) in [6.07, 6.45) is 1.89. The zero-order chi connectivity index (χ0) is 13.8. The second-order valence-corrected chi connectivity index (χ2v) is 6.17. The van der Waals surface area contributed by atoms with Gasteiger partial charge >= 0.3 is 7.12 Å². The third kappa shape index (κ3) is 1.88. The topological polar surface area (TPSA) is 47.1 Å². The van der Waals surface area contributed by atoms with Gasteiger partial charge in [0, 0.05) is 22.7 Å². The van der Waals surface area contributed by atoms with Crippen molar-refractivity contribution in [2.45, 2.75) is 45.8 Å². The molecule has 1 N–H and O–H groups in total. The molecule has 19 heavy (non-hydrogen) atoms. The van der Waals surface area contributed by atoms with Crippen LogP contribution in [-0.4, -0.2) is 28.3 Å². The van der Waals surface area contributed by atoms with Gasteiger partial charge in [-0.3, -0.25) is 0 Å². The zero-order valence-electron chi connectivity index (χ0n) is 12.1. The van der Waals surface area contributed by atoms with Crippen molar-refractivity contribution < 1.29 is 9.31 Å². The molecule has 0 amide bonds. The van der Waals surface area contributed by atoms with E-state index in [2.05, 4.69) is 43.7 Å². The molecule has 5 heteroatoms. The van der Waals surface area contributed by atoms with Crippen LogP contribution in [0.15, 0.2) is 18.3 Å². The predicted molar refractivity (Wildman–Crippen MR) is 76.5 cm³/mol. The van der Waals surface area contributed by atoms with Crippen LogP contribution in [0.25, 0.3) is 11.0 Å². The van der Waals surface area contributed by atoms with Gasteiger partial charge in [0.05, 0.1) is 11.2 Å². The van der Waals surface area contributed by atoms with Gasteiger partial charge in [-0.25, -0.2) is 4.98 Å². The van der Waals surface area contributed by atoms with E-state index in [1.54, 1.807) is 0 Å². The summed E-state index contributed by atoms with van der Waals surface area (Å²) in [5.41, 5.74) is 2.20. The molecule has 0 unspecified atom stereocenters. The Kier molecular flexibility index (Phi) is 2.56. The first kappa shape index (κ1) is 12.7. The van der Waals surface area contributed by atoms with Crippen molar-refractivity contribution in [1.29, 1.82) is 0 Å². The largest absolute Gasteiger partial charge is 0.496 e. The van der Waals surface area contributed by atoms with Crippen LogP contribution < -0.4 is 5.46 Å². The van der Waals surface area contributed by atoms with Gasteiger partial charge < -0.3 is 14.3 Å². The Morgan fingerprint density at radius 2 is 1.79 bits per heavy atom. The third-order valence-electron chi connectivity index (χ3n) is 4.27. The molecule has 3 rings (SSSR count). The molecule has 0 saturated carbocycles. The lowest BCUT2D eigenvalue weighted by atomic mass is 9.77. The quantitative estimate of drug-likeness (QED) is 0.797. The normalized spacial score (nSPS) is 21.2. The molecule has 1 saturated heterocycles. The van der Waals surface area contributed by atoms with E-state index in [4.69, 9.17) is 9.31 Å².